The van der Waals surface area contributed by atoms with E-state index in [2.05, 4.69) is 14.1 Å². The molecule has 0 aliphatic rings. The third-order valence-electron chi connectivity index (χ3n) is 2.82. The van der Waals surface area contributed by atoms with Gasteiger partial charge in [-0.2, -0.15) is 9.36 Å². The second-order valence-corrected chi connectivity index (χ2v) is 7.48. The monoisotopic (exact) mass is 347 g/mol. The van der Waals surface area contributed by atoms with Gasteiger partial charge in [0.05, 0.1) is 5.02 Å². The van der Waals surface area contributed by atoms with Crippen LogP contribution in [0.4, 0.5) is 5.13 Å². The number of sulfonamides is 1. The molecule has 0 amide bonds. The number of ether oxygens (including phenoxy) is 1. The maximum Gasteiger partial charge on any atom is 0.265 e. The van der Waals surface area contributed by atoms with Crippen LogP contribution in [0.25, 0.3) is 0 Å². The van der Waals surface area contributed by atoms with E-state index in [0.717, 1.165) is 11.5 Å². The highest BCUT2D eigenvalue weighted by Gasteiger charge is 2.26. The second-order valence-electron chi connectivity index (χ2n) is 4.67. The predicted octanol–water partition coefficient (Wildman–Crippen LogP) is 2.87. The molecule has 9 heteroatoms. The highest BCUT2D eigenvalue weighted by atomic mass is 35.5. The summed E-state index contributed by atoms with van der Waals surface area (Å²) in [6.07, 6.45) is 0. The second kappa shape index (κ2) is 5.88. The zero-order chi connectivity index (χ0) is 15.7. The number of benzene rings is 1. The Balaban J connectivity index is 2.29. The number of rotatable bonds is 5. The van der Waals surface area contributed by atoms with Crippen LogP contribution in [0.1, 0.15) is 19.7 Å². The predicted molar refractivity (Wildman–Crippen MR) is 82.2 cm³/mol. The minimum atomic E-state index is -3.80. The Morgan fingerprint density at radius 1 is 1.33 bits per heavy atom. The molecule has 2 rings (SSSR count). The molecular formula is C12H14ClN3O3S2. The third kappa shape index (κ3) is 3.52. The average Bonchev–Trinajstić information content (AvgIpc) is 2.87. The van der Waals surface area contributed by atoms with Gasteiger partial charge in [0.1, 0.15) is 10.5 Å². The van der Waals surface area contributed by atoms with Crippen molar-refractivity contribution in [2.75, 3.05) is 11.8 Å². The third-order valence-corrected chi connectivity index (χ3v) is 5.42. The van der Waals surface area contributed by atoms with Gasteiger partial charge < -0.3 is 4.74 Å². The van der Waals surface area contributed by atoms with E-state index in [1.54, 1.807) is 26.0 Å². The number of anilines is 1. The SMILES string of the molecule is COC(C)(C)c1nsc(NS(=O)(=O)c2ccccc2Cl)n1. The number of hydrogen-bond donors (Lipinski definition) is 1. The molecule has 2 aromatic rings. The van der Waals surface area contributed by atoms with Crippen LogP contribution in [0.3, 0.4) is 0 Å². The van der Waals surface area contributed by atoms with E-state index in [1.807, 2.05) is 0 Å². The van der Waals surface area contributed by atoms with Crippen molar-refractivity contribution in [3.63, 3.8) is 0 Å². The van der Waals surface area contributed by atoms with Gasteiger partial charge in [0.2, 0.25) is 5.13 Å². The van der Waals surface area contributed by atoms with Gasteiger partial charge in [0.15, 0.2) is 5.82 Å². The summed E-state index contributed by atoms with van der Waals surface area (Å²) in [6, 6.07) is 6.19. The van der Waals surface area contributed by atoms with Crippen molar-refractivity contribution in [2.45, 2.75) is 24.3 Å². The van der Waals surface area contributed by atoms with E-state index in [-0.39, 0.29) is 15.0 Å². The molecule has 21 heavy (non-hydrogen) atoms. The quantitative estimate of drug-likeness (QED) is 0.899. The van der Waals surface area contributed by atoms with Gasteiger partial charge in [-0.3, -0.25) is 4.72 Å². The van der Waals surface area contributed by atoms with Crippen molar-refractivity contribution < 1.29 is 13.2 Å². The summed E-state index contributed by atoms with van der Waals surface area (Å²) in [4.78, 5) is 4.14. The topological polar surface area (TPSA) is 81.2 Å². The molecule has 0 saturated heterocycles. The summed E-state index contributed by atoms with van der Waals surface area (Å²) < 4.78 is 36.3. The van der Waals surface area contributed by atoms with Gasteiger partial charge in [-0.15, -0.1) is 0 Å². The van der Waals surface area contributed by atoms with Gasteiger partial charge in [-0.05, 0) is 26.0 Å². The Morgan fingerprint density at radius 2 is 2.00 bits per heavy atom. The van der Waals surface area contributed by atoms with E-state index in [9.17, 15) is 8.42 Å². The van der Waals surface area contributed by atoms with Crippen LogP contribution in [-0.4, -0.2) is 24.9 Å². The van der Waals surface area contributed by atoms with Crippen molar-refractivity contribution in [1.29, 1.82) is 0 Å². The fourth-order valence-electron chi connectivity index (χ4n) is 1.43. The van der Waals surface area contributed by atoms with Crippen LogP contribution in [0.15, 0.2) is 29.2 Å². The van der Waals surface area contributed by atoms with E-state index in [4.69, 9.17) is 16.3 Å². The first-order chi connectivity index (χ1) is 9.76. The van der Waals surface area contributed by atoms with Crippen LogP contribution >= 0.6 is 23.1 Å². The van der Waals surface area contributed by atoms with Crippen LogP contribution in [-0.2, 0) is 20.4 Å². The number of methoxy groups -OCH3 is 1. The molecule has 0 saturated carbocycles. The Labute approximate surface area is 132 Å². The molecule has 0 atom stereocenters. The van der Waals surface area contributed by atoms with Gasteiger partial charge in [-0.1, -0.05) is 23.7 Å². The molecule has 0 spiro atoms. The lowest BCUT2D eigenvalue weighted by molar-refractivity contribution is 0.0126. The highest BCUT2D eigenvalue weighted by molar-refractivity contribution is 7.93. The first kappa shape index (κ1) is 16.2. The number of nitrogens with zero attached hydrogens (tertiary/aromatic N) is 2. The lowest BCUT2D eigenvalue weighted by atomic mass is 10.1. The molecule has 0 fully saturated rings. The molecule has 0 radical (unpaired) electrons. The largest absolute Gasteiger partial charge is 0.371 e. The van der Waals surface area contributed by atoms with Gasteiger partial charge >= 0.3 is 0 Å². The summed E-state index contributed by atoms with van der Waals surface area (Å²) in [5, 5.41) is 0.307. The Hall–Kier alpha value is -1.22. The fourth-order valence-corrected chi connectivity index (χ4v) is 3.88. The molecule has 0 unspecified atom stereocenters. The Bertz CT molecular complexity index is 744. The number of nitrogens with one attached hydrogen (secondary N) is 1. The Kier molecular flexibility index (Phi) is 4.52. The van der Waals surface area contributed by atoms with Crippen LogP contribution < -0.4 is 4.72 Å². The maximum absolute atomic E-state index is 12.3. The Morgan fingerprint density at radius 3 is 2.62 bits per heavy atom. The molecule has 1 aromatic carbocycles. The molecule has 1 N–H and O–H groups in total. The highest BCUT2D eigenvalue weighted by Crippen LogP contribution is 2.27. The zero-order valence-corrected chi connectivity index (χ0v) is 14.0. The van der Waals surface area contributed by atoms with Crippen molar-refractivity contribution in [1.82, 2.24) is 9.36 Å². The standard InChI is InChI=1S/C12H14ClN3O3S2/c1-12(2,19-3)10-14-11(20-15-10)16-21(17,18)9-7-5-4-6-8(9)13/h4-7H,1-3H3,(H,14,15,16). The number of hydrogen-bond acceptors (Lipinski definition) is 6. The normalized spacial score (nSPS) is 12.4. The smallest absolute Gasteiger partial charge is 0.265 e. The molecule has 0 aliphatic carbocycles. The zero-order valence-electron chi connectivity index (χ0n) is 11.6. The average molecular weight is 348 g/mol. The van der Waals surface area contributed by atoms with Gasteiger partial charge in [-0.25, -0.2) is 8.42 Å². The molecule has 1 heterocycles. The van der Waals surface area contributed by atoms with E-state index >= 15 is 0 Å². The molecule has 0 aliphatic heterocycles. The minimum Gasteiger partial charge on any atom is -0.371 e. The van der Waals surface area contributed by atoms with E-state index in [1.165, 1.54) is 19.2 Å². The van der Waals surface area contributed by atoms with Crippen molar-refractivity contribution in [3.05, 3.63) is 35.1 Å². The number of aromatic nitrogens is 2. The van der Waals surface area contributed by atoms with Crippen LogP contribution in [0.5, 0.6) is 0 Å². The van der Waals surface area contributed by atoms with Crippen LogP contribution in [0, 0.1) is 0 Å². The molecular weight excluding hydrogens is 334 g/mol. The lowest BCUT2D eigenvalue weighted by Gasteiger charge is -2.18. The van der Waals surface area contributed by atoms with Crippen molar-refractivity contribution in [3.8, 4) is 0 Å². The summed E-state index contributed by atoms with van der Waals surface area (Å²) in [6.45, 7) is 3.59. The molecule has 1 aromatic heterocycles. The summed E-state index contributed by atoms with van der Waals surface area (Å²) >= 11 is 6.85. The first-order valence-electron chi connectivity index (χ1n) is 5.93. The fraction of sp³-hybridized carbons (Fsp3) is 0.333. The van der Waals surface area contributed by atoms with Gasteiger partial charge in [0, 0.05) is 18.6 Å². The summed E-state index contributed by atoms with van der Waals surface area (Å²) in [7, 11) is -2.26. The lowest BCUT2D eigenvalue weighted by Crippen LogP contribution is -2.21. The van der Waals surface area contributed by atoms with E-state index in [0.29, 0.717) is 5.82 Å². The number of halogens is 1. The minimum absolute atomic E-state index is 0.00517. The van der Waals surface area contributed by atoms with Crippen LogP contribution in [0.2, 0.25) is 5.02 Å². The summed E-state index contributed by atoms with van der Waals surface area (Å²) in [5.41, 5.74) is -0.690. The first-order valence-corrected chi connectivity index (χ1v) is 8.56. The summed E-state index contributed by atoms with van der Waals surface area (Å²) in [5.74, 6) is 0.409. The van der Waals surface area contributed by atoms with E-state index < -0.39 is 15.6 Å². The molecule has 0 bridgehead atoms. The molecule has 6 nitrogen and oxygen atoms in total. The van der Waals surface area contributed by atoms with Crippen molar-refractivity contribution >= 4 is 38.3 Å². The molecule has 114 valence electrons. The van der Waals surface area contributed by atoms with Gasteiger partial charge in [0.25, 0.3) is 10.0 Å². The maximum atomic E-state index is 12.3. The van der Waals surface area contributed by atoms with Crippen molar-refractivity contribution in [2.24, 2.45) is 0 Å².